The average molecular weight is 274 g/mol. The topological polar surface area (TPSA) is 83.8 Å². The number of benzene rings is 1. The van der Waals surface area contributed by atoms with Crippen LogP contribution in [0.4, 0.5) is 5.69 Å². The molecule has 0 radical (unpaired) electrons. The first-order valence-corrected chi connectivity index (χ1v) is 6.11. The molecule has 5 nitrogen and oxygen atoms in total. The number of hydrogen-bond acceptors (Lipinski definition) is 3. The molecule has 98 valence electrons. The van der Waals surface area contributed by atoms with E-state index in [-0.39, 0.29) is 5.91 Å². The van der Waals surface area contributed by atoms with Crippen molar-refractivity contribution in [3.8, 4) is 0 Å². The molecule has 1 aromatic heterocycles. The minimum atomic E-state index is -0.213. The number of aromatic amines is 1. The van der Waals surface area contributed by atoms with Gasteiger partial charge in [0.15, 0.2) is 0 Å². The molecule has 0 saturated carbocycles. The van der Waals surface area contributed by atoms with Gasteiger partial charge in [0, 0.05) is 16.9 Å². The van der Waals surface area contributed by atoms with E-state index in [1.165, 1.54) is 6.20 Å². The summed E-state index contributed by atoms with van der Waals surface area (Å²) >= 11 is 4.93. The van der Waals surface area contributed by atoms with Crippen LogP contribution in [-0.2, 0) is 0 Å². The first-order valence-electron chi connectivity index (χ1n) is 5.71. The molecule has 1 amide bonds. The van der Waals surface area contributed by atoms with E-state index in [4.69, 9.17) is 18.0 Å². The molecule has 0 aliphatic heterocycles. The van der Waals surface area contributed by atoms with Gasteiger partial charge in [-0.05, 0) is 25.5 Å². The molecule has 0 fully saturated rings. The zero-order valence-electron chi connectivity index (χ0n) is 10.7. The highest BCUT2D eigenvalue weighted by Gasteiger charge is 2.12. The third kappa shape index (κ3) is 2.79. The van der Waals surface area contributed by atoms with Crippen LogP contribution in [0.2, 0.25) is 0 Å². The van der Waals surface area contributed by atoms with Crippen LogP contribution in [-0.4, -0.2) is 21.1 Å². The van der Waals surface area contributed by atoms with E-state index in [1.54, 1.807) is 13.0 Å². The Labute approximate surface area is 116 Å². The van der Waals surface area contributed by atoms with Gasteiger partial charge in [-0.1, -0.05) is 24.4 Å². The maximum atomic E-state index is 12.1. The highest BCUT2D eigenvalue weighted by Crippen LogP contribution is 2.18. The van der Waals surface area contributed by atoms with E-state index in [2.05, 4.69) is 15.5 Å². The lowest BCUT2D eigenvalue weighted by Crippen LogP contribution is -2.15. The van der Waals surface area contributed by atoms with Crippen molar-refractivity contribution in [1.29, 1.82) is 0 Å². The molecule has 2 aromatic rings. The lowest BCUT2D eigenvalue weighted by molar-refractivity contribution is 0.102. The summed E-state index contributed by atoms with van der Waals surface area (Å²) in [6.45, 7) is 3.70. The van der Waals surface area contributed by atoms with Crippen LogP contribution in [0.25, 0.3) is 0 Å². The lowest BCUT2D eigenvalue weighted by atomic mass is 10.1. The Morgan fingerprint density at radius 1 is 1.42 bits per heavy atom. The Balaban J connectivity index is 2.28. The molecule has 19 heavy (non-hydrogen) atoms. The molecule has 4 N–H and O–H groups in total. The van der Waals surface area contributed by atoms with Crippen LogP contribution in [0.3, 0.4) is 0 Å². The third-order valence-corrected chi connectivity index (χ3v) is 3.08. The molecule has 0 atom stereocenters. The summed E-state index contributed by atoms with van der Waals surface area (Å²) in [6, 6.07) is 5.47. The Bertz CT molecular complexity index is 648. The van der Waals surface area contributed by atoms with Crippen LogP contribution in [0.5, 0.6) is 0 Å². The number of nitrogens with one attached hydrogen (secondary N) is 2. The number of H-pyrrole nitrogens is 1. The Kier molecular flexibility index (Phi) is 3.62. The summed E-state index contributed by atoms with van der Waals surface area (Å²) in [5.74, 6) is -0.213. The Hall–Kier alpha value is -2.21. The van der Waals surface area contributed by atoms with Crippen LogP contribution < -0.4 is 11.1 Å². The van der Waals surface area contributed by atoms with Crippen LogP contribution in [0.15, 0.2) is 24.4 Å². The summed E-state index contributed by atoms with van der Waals surface area (Å²) < 4.78 is 0. The normalized spacial score (nSPS) is 10.2. The largest absolute Gasteiger partial charge is 0.389 e. The van der Waals surface area contributed by atoms with Crippen molar-refractivity contribution >= 4 is 28.8 Å². The second-order valence-electron chi connectivity index (χ2n) is 4.26. The van der Waals surface area contributed by atoms with Gasteiger partial charge >= 0.3 is 0 Å². The number of carbonyl (C=O) groups excluding carboxylic acids is 1. The maximum Gasteiger partial charge on any atom is 0.259 e. The summed E-state index contributed by atoms with van der Waals surface area (Å²) in [5, 5.41) is 9.39. The van der Waals surface area contributed by atoms with Crippen molar-refractivity contribution in [2.24, 2.45) is 5.73 Å². The van der Waals surface area contributed by atoms with Crippen molar-refractivity contribution in [1.82, 2.24) is 10.2 Å². The van der Waals surface area contributed by atoms with Gasteiger partial charge in [-0.25, -0.2) is 0 Å². The zero-order chi connectivity index (χ0) is 14.0. The Morgan fingerprint density at radius 3 is 2.74 bits per heavy atom. The molecule has 1 aromatic carbocycles. The number of anilines is 1. The number of amides is 1. The van der Waals surface area contributed by atoms with Crippen molar-refractivity contribution in [2.45, 2.75) is 13.8 Å². The predicted octanol–water partition coefficient (Wildman–Crippen LogP) is 1.91. The highest BCUT2D eigenvalue weighted by molar-refractivity contribution is 7.80. The molecule has 0 aliphatic rings. The van der Waals surface area contributed by atoms with E-state index >= 15 is 0 Å². The summed E-state index contributed by atoms with van der Waals surface area (Å²) in [4.78, 5) is 12.4. The van der Waals surface area contributed by atoms with Gasteiger partial charge in [-0.3, -0.25) is 9.89 Å². The summed E-state index contributed by atoms with van der Waals surface area (Å²) in [5.41, 5.74) is 9.17. The van der Waals surface area contributed by atoms with Crippen LogP contribution >= 0.6 is 12.2 Å². The molecule has 0 aliphatic carbocycles. The van der Waals surface area contributed by atoms with Crippen molar-refractivity contribution < 1.29 is 4.79 Å². The van der Waals surface area contributed by atoms with Gasteiger partial charge in [0.25, 0.3) is 5.91 Å². The molecular weight excluding hydrogens is 260 g/mol. The lowest BCUT2D eigenvalue weighted by Gasteiger charge is -2.09. The van der Waals surface area contributed by atoms with E-state index in [0.717, 1.165) is 16.8 Å². The molecule has 0 unspecified atom stereocenters. The third-order valence-electron chi connectivity index (χ3n) is 2.84. The molecule has 6 heteroatoms. The van der Waals surface area contributed by atoms with E-state index in [0.29, 0.717) is 16.2 Å². The second-order valence-corrected chi connectivity index (χ2v) is 4.70. The van der Waals surface area contributed by atoms with Gasteiger partial charge in [-0.15, -0.1) is 0 Å². The molecule has 1 heterocycles. The van der Waals surface area contributed by atoms with E-state index < -0.39 is 0 Å². The number of rotatable bonds is 3. The highest BCUT2D eigenvalue weighted by atomic mass is 32.1. The van der Waals surface area contributed by atoms with E-state index in [1.807, 2.05) is 19.1 Å². The van der Waals surface area contributed by atoms with Crippen molar-refractivity contribution in [2.75, 3.05) is 5.32 Å². The second kappa shape index (κ2) is 5.19. The van der Waals surface area contributed by atoms with E-state index in [9.17, 15) is 4.79 Å². The van der Waals surface area contributed by atoms with Gasteiger partial charge in [-0.2, -0.15) is 5.10 Å². The standard InChI is InChI=1S/C13H14N4OS/c1-7-3-4-9(12(14)19)5-11(7)16-13(18)10-6-15-17-8(10)2/h3-6H,1-2H3,(H2,14,19)(H,15,17)(H,16,18). The fraction of sp³-hybridized carbons (Fsp3) is 0.154. The smallest absolute Gasteiger partial charge is 0.259 e. The molecular formula is C13H14N4OS. The van der Waals surface area contributed by atoms with Gasteiger partial charge in [0.1, 0.15) is 4.99 Å². The summed E-state index contributed by atoms with van der Waals surface area (Å²) in [7, 11) is 0. The van der Waals surface area contributed by atoms with Crippen molar-refractivity contribution in [3.63, 3.8) is 0 Å². The first kappa shape index (κ1) is 13.2. The predicted molar refractivity (Wildman–Crippen MR) is 78.3 cm³/mol. The fourth-order valence-corrected chi connectivity index (χ4v) is 1.81. The quantitative estimate of drug-likeness (QED) is 0.747. The molecule has 0 saturated heterocycles. The van der Waals surface area contributed by atoms with Gasteiger partial charge < -0.3 is 11.1 Å². The van der Waals surface area contributed by atoms with Gasteiger partial charge in [0.2, 0.25) is 0 Å². The molecule has 0 spiro atoms. The monoisotopic (exact) mass is 274 g/mol. The molecule has 2 rings (SSSR count). The molecule has 0 bridgehead atoms. The minimum Gasteiger partial charge on any atom is -0.389 e. The number of hydrogen-bond donors (Lipinski definition) is 3. The number of aryl methyl sites for hydroxylation is 2. The number of nitrogens with two attached hydrogens (primary N) is 1. The zero-order valence-corrected chi connectivity index (χ0v) is 11.5. The summed E-state index contributed by atoms with van der Waals surface area (Å²) in [6.07, 6.45) is 1.50. The maximum absolute atomic E-state index is 12.1. The number of nitrogens with zero attached hydrogens (tertiary/aromatic N) is 1. The van der Waals surface area contributed by atoms with Crippen LogP contribution in [0.1, 0.15) is 27.2 Å². The van der Waals surface area contributed by atoms with Gasteiger partial charge in [0.05, 0.1) is 11.8 Å². The van der Waals surface area contributed by atoms with Crippen LogP contribution in [0, 0.1) is 13.8 Å². The number of thiocarbonyl (C=S) groups is 1. The SMILES string of the molecule is Cc1ccc(C(N)=S)cc1NC(=O)c1cn[nH]c1C. The Morgan fingerprint density at radius 2 is 2.16 bits per heavy atom. The number of aromatic nitrogens is 2. The van der Waals surface area contributed by atoms with Crippen molar-refractivity contribution in [3.05, 3.63) is 46.8 Å². The fourth-order valence-electron chi connectivity index (χ4n) is 1.68. The first-order chi connectivity index (χ1) is 8.99. The number of carbonyl (C=O) groups is 1. The average Bonchev–Trinajstić information content (AvgIpc) is 2.78. The minimum absolute atomic E-state index is 0.213.